The van der Waals surface area contributed by atoms with Crippen LogP contribution in [0.1, 0.15) is 82.6 Å². The van der Waals surface area contributed by atoms with Gasteiger partial charge in [0.15, 0.2) is 5.82 Å². The molecule has 18 heteroatoms. The summed E-state index contributed by atoms with van der Waals surface area (Å²) in [6.45, 7) is 5.29. The van der Waals surface area contributed by atoms with Crippen LogP contribution in [0.15, 0.2) is 54.6 Å². The third kappa shape index (κ3) is 10.4. The molecular formula is C49H59N11O7. The van der Waals surface area contributed by atoms with Crippen molar-refractivity contribution in [1.29, 1.82) is 5.26 Å². The first-order chi connectivity index (χ1) is 32.2. The minimum atomic E-state index is -1.40. The summed E-state index contributed by atoms with van der Waals surface area (Å²) in [4.78, 5) is 81.4. The van der Waals surface area contributed by atoms with Crippen molar-refractivity contribution in [3.05, 3.63) is 93.8 Å². The molecule has 4 bridgehead atoms. The van der Waals surface area contributed by atoms with Crippen LogP contribution >= 0.6 is 0 Å². The molecule has 0 saturated heterocycles. The van der Waals surface area contributed by atoms with Crippen molar-refractivity contribution in [2.75, 3.05) is 46.4 Å². The van der Waals surface area contributed by atoms with E-state index in [1.807, 2.05) is 12.1 Å². The Hall–Kier alpha value is -6.94. The summed E-state index contributed by atoms with van der Waals surface area (Å²) in [6, 6.07) is 13.5. The van der Waals surface area contributed by atoms with Crippen LogP contribution < -0.4 is 47.9 Å². The topological polar surface area (TPSA) is 283 Å². The Kier molecular flexibility index (Phi) is 14.8. The van der Waals surface area contributed by atoms with Crippen molar-refractivity contribution in [3.63, 3.8) is 0 Å². The number of rotatable bonds is 15. The van der Waals surface area contributed by atoms with E-state index < -0.39 is 53.7 Å². The summed E-state index contributed by atoms with van der Waals surface area (Å²) in [5.41, 5.74) is 24.7. The molecule has 352 valence electrons. The lowest BCUT2D eigenvalue weighted by atomic mass is 9.93. The van der Waals surface area contributed by atoms with Gasteiger partial charge >= 0.3 is 0 Å². The average molecular weight is 914 g/mol. The van der Waals surface area contributed by atoms with E-state index in [4.69, 9.17) is 36.6 Å². The first kappa shape index (κ1) is 48.0. The van der Waals surface area contributed by atoms with Crippen molar-refractivity contribution in [1.82, 2.24) is 36.1 Å². The van der Waals surface area contributed by atoms with Crippen LogP contribution in [-0.2, 0) is 37.4 Å². The Balaban J connectivity index is 1.24. The van der Waals surface area contributed by atoms with Gasteiger partial charge in [0.05, 0.1) is 23.0 Å². The van der Waals surface area contributed by atoms with Crippen molar-refractivity contribution < 1.29 is 33.4 Å². The van der Waals surface area contributed by atoms with Crippen LogP contribution in [-0.4, -0.2) is 109 Å². The molecule has 18 nitrogen and oxygen atoms in total. The highest BCUT2D eigenvalue weighted by Gasteiger charge is 2.48. The predicted octanol–water partition coefficient (Wildman–Crippen LogP) is 1.91. The number of carbonyl (C=O) groups excluding carboxylic acids is 5. The molecule has 67 heavy (non-hydrogen) atoms. The van der Waals surface area contributed by atoms with Gasteiger partial charge in [-0.2, -0.15) is 5.26 Å². The number of aryl methyl sites for hydroxylation is 3. The summed E-state index contributed by atoms with van der Waals surface area (Å²) < 4.78 is 12.2. The second-order valence-corrected chi connectivity index (χ2v) is 17.4. The zero-order valence-electron chi connectivity index (χ0n) is 38.4. The molecule has 10 N–H and O–H groups in total. The second-order valence-electron chi connectivity index (χ2n) is 17.4. The van der Waals surface area contributed by atoms with Crippen LogP contribution in [0, 0.1) is 25.2 Å². The van der Waals surface area contributed by atoms with Crippen molar-refractivity contribution in [2.45, 2.75) is 88.9 Å². The number of amides is 5. The van der Waals surface area contributed by atoms with Gasteiger partial charge in [-0.05, 0) is 117 Å². The maximum atomic E-state index is 14.8. The molecule has 4 aromatic rings. The van der Waals surface area contributed by atoms with Crippen LogP contribution in [0.5, 0.6) is 11.5 Å². The van der Waals surface area contributed by atoms with Crippen molar-refractivity contribution >= 4 is 29.5 Å². The number of nitrogens with zero attached hydrogens (tertiary/aromatic N) is 4. The lowest BCUT2D eigenvalue weighted by Crippen LogP contribution is -2.56. The lowest BCUT2D eigenvalue weighted by molar-refractivity contribution is -0.141. The summed E-state index contributed by atoms with van der Waals surface area (Å²) in [6.07, 6.45) is 4.64. The number of nitriles is 1. The number of hydrogen-bond acceptors (Lipinski definition) is 13. The maximum absolute atomic E-state index is 14.8. The molecule has 2 heterocycles. The van der Waals surface area contributed by atoms with E-state index in [0.717, 1.165) is 18.4 Å². The molecule has 3 aliphatic rings. The molecule has 1 fully saturated rings. The highest BCUT2D eigenvalue weighted by Crippen LogP contribution is 2.57. The molecule has 0 radical (unpaired) electrons. The zero-order chi connectivity index (χ0) is 48.0. The molecule has 1 aromatic heterocycles. The van der Waals surface area contributed by atoms with Gasteiger partial charge in [0.25, 0.3) is 5.91 Å². The SMILES string of the molecule is Cc1nc(-c2ccc3c(c2)CCC32CC2)nc(C)c1C(=O)NC(CCN)C(=O)N(C)C1C(=O)NC(C)C(=O)NC(C(=O)NCC#N)Cc2ccc(OCCN)c(c2)-c2cc1ccc2OCCN. The van der Waals surface area contributed by atoms with Gasteiger partial charge in [-0.1, -0.05) is 24.3 Å². The maximum Gasteiger partial charge on any atom is 0.255 e. The molecule has 4 unspecified atom stereocenters. The first-order valence-electron chi connectivity index (χ1n) is 22.7. The zero-order valence-corrected chi connectivity index (χ0v) is 38.4. The van der Waals surface area contributed by atoms with E-state index in [1.165, 1.54) is 42.8 Å². The number of benzene rings is 3. The van der Waals surface area contributed by atoms with Gasteiger partial charge in [-0.15, -0.1) is 0 Å². The number of likely N-dealkylation sites (N-methyl/N-ethyl adjacent to an activating group) is 1. The standard InChI is InChI=1S/C49H59N11O7/c1-27-41(28(2)56-43(55-27)33-6-8-36-31(25-33)11-13-49(36)14-15-49)46(63)58-37(12-16-50)48(65)60(4)42-32-7-10-40(67-22-19-53)35(26-32)34-23-30(5-9-39(34)66-21-18-52)24-38(45(62)54-20-17-51)59-44(61)29(3)57-47(42)64/h5-10,23,25-26,29,37-38,42H,11-16,18-22,24,50,52-53H2,1-4H3,(H,54,62)(H,57,64)(H,58,63)(H,59,61). The van der Waals surface area contributed by atoms with E-state index in [1.54, 1.807) is 50.2 Å². The summed E-state index contributed by atoms with van der Waals surface area (Å²) in [7, 11) is 1.43. The summed E-state index contributed by atoms with van der Waals surface area (Å²) >= 11 is 0. The van der Waals surface area contributed by atoms with Gasteiger partial charge in [0, 0.05) is 43.2 Å². The Morgan fingerprint density at radius 2 is 1.57 bits per heavy atom. The van der Waals surface area contributed by atoms with Crippen LogP contribution in [0.4, 0.5) is 0 Å². The smallest absolute Gasteiger partial charge is 0.255 e. The van der Waals surface area contributed by atoms with E-state index in [-0.39, 0.29) is 57.8 Å². The Bertz CT molecular complexity index is 2590. The largest absolute Gasteiger partial charge is 0.492 e. The lowest BCUT2D eigenvalue weighted by Gasteiger charge is -2.32. The van der Waals surface area contributed by atoms with Crippen molar-refractivity contribution in [2.24, 2.45) is 17.2 Å². The van der Waals surface area contributed by atoms with Crippen LogP contribution in [0.2, 0.25) is 0 Å². The predicted molar refractivity (Wildman–Crippen MR) is 249 cm³/mol. The quantitative estimate of drug-likeness (QED) is 0.0841. The molecule has 2 aliphatic carbocycles. The highest BCUT2D eigenvalue weighted by molar-refractivity contribution is 6.00. The third-order valence-corrected chi connectivity index (χ3v) is 12.8. The molecule has 1 spiro atoms. The van der Waals surface area contributed by atoms with E-state index >= 15 is 0 Å². The minimum absolute atomic E-state index is 0.00506. The Morgan fingerprint density at radius 3 is 2.21 bits per heavy atom. The summed E-state index contributed by atoms with van der Waals surface area (Å²) in [5, 5.41) is 20.0. The fourth-order valence-electron chi connectivity index (χ4n) is 9.17. The fraction of sp³-hybridized carbons (Fsp3) is 0.429. The van der Waals surface area contributed by atoms with Gasteiger partial charge in [-0.25, -0.2) is 9.97 Å². The first-order valence-corrected chi connectivity index (χ1v) is 22.7. The molecule has 3 aromatic carbocycles. The van der Waals surface area contributed by atoms with Crippen LogP contribution in [0.3, 0.4) is 0 Å². The molecular weight excluding hydrogens is 855 g/mol. The number of hydrogen-bond donors (Lipinski definition) is 7. The molecule has 7 rings (SSSR count). The normalized spacial score (nSPS) is 18.6. The fourth-order valence-corrected chi connectivity index (χ4v) is 9.17. The highest BCUT2D eigenvalue weighted by atomic mass is 16.5. The molecule has 1 aliphatic heterocycles. The van der Waals surface area contributed by atoms with Gasteiger partial charge in [0.1, 0.15) is 55.4 Å². The average Bonchev–Trinajstić information content (AvgIpc) is 4.02. The van der Waals surface area contributed by atoms with E-state index in [2.05, 4.69) is 33.4 Å². The number of ether oxygens (including phenoxy) is 2. The van der Waals surface area contributed by atoms with Gasteiger partial charge in [-0.3, -0.25) is 24.0 Å². The Morgan fingerprint density at radius 1 is 0.896 bits per heavy atom. The number of nitrogens with two attached hydrogens (primary N) is 3. The third-order valence-electron chi connectivity index (χ3n) is 12.8. The van der Waals surface area contributed by atoms with Gasteiger partial charge in [0.2, 0.25) is 23.6 Å². The number of nitrogens with one attached hydrogen (secondary N) is 4. The monoisotopic (exact) mass is 913 g/mol. The van der Waals surface area contributed by atoms with Crippen LogP contribution in [0.25, 0.3) is 22.5 Å². The summed E-state index contributed by atoms with van der Waals surface area (Å²) in [5.74, 6) is -2.01. The Labute approximate surface area is 389 Å². The number of aromatic nitrogens is 2. The minimum Gasteiger partial charge on any atom is -0.492 e. The number of carbonyl (C=O) groups is 5. The second kappa shape index (κ2) is 20.7. The molecule has 4 atom stereocenters. The van der Waals surface area contributed by atoms with E-state index in [0.29, 0.717) is 56.4 Å². The van der Waals surface area contributed by atoms with Gasteiger partial charge < -0.3 is 52.8 Å². The molecule has 1 saturated carbocycles. The van der Waals surface area contributed by atoms with Crippen molar-refractivity contribution in [3.8, 4) is 40.1 Å². The molecule has 5 amide bonds. The number of fused-ring (bicyclic) bond motifs is 7. The van der Waals surface area contributed by atoms with E-state index in [9.17, 15) is 29.2 Å².